The molecule has 1 atom stereocenters. The molecule has 0 saturated carbocycles. The summed E-state index contributed by atoms with van der Waals surface area (Å²) in [5.74, 6) is -1.55. The third kappa shape index (κ3) is 10.6. The van der Waals surface area contributed by atoms with Crippen LogP contribution in [0.4, 0.5) is 11.4 Å². The predicted molar refractivity (Wildman–Crippen MR) is 190 cm³/mol. The van der Waals surface area contributed by atoms with Gasteiger partial charge in [0, 0.05) is 31.6 Å². The van der Waals surface area contributed by atoms with Gasteiger partial charge in [-0.1, -0.05) is 60.7 Å². The van der Waals surface area contributed by atoms with Gasteiger partial charge in [-0.25, -0.2) is 13.2 Å². The van der Waals surface area contributed by atoms with Crippen molar-refractivity contribution in [3.05, 3.63) is 119 Å². The number of carbonyl (C=O) groups excluding carboxylic acids is 2. The molecule has 0 aliphatic heterocycles. The average molecular weight is 687 g/mol. The molecule has 1 amide bonds. The number of anilines is 2. The van der Waals surface area contributed by atoms with E-state index in [2.05, 4.69) is 21.8 Å². The van der Waals surface area contributed by atoms with E-state index in [4.69, 9.17) is 16.2 Å². The second-order valence-electron chi connectivity index (χ2n) is 12.1. The molecule has 0 aromatic heterocycles. The van der Waals surface area contributed by atoms with E-state index in [1.807, 2.05) is 85.8 Å². The van der Waals surface area contributed by atoms with Crippen molar-refractivity contribution in [1.29, 1.82) is 0 Å². The van der Waals surface area contributed by atoms with Crippen LogP contribution in [0.25, 0.3) is 0 Å². The SMILES string of the molecule is Cc1c(NS(C)(=O)=O)cccc1N(Cc1ccccc1)Cc1ccc(Oc2ccc(CCCC(=O)[C@](N)(CCC(N)=O)C(=O)O)cc2)cc1. The highest BCUT2D eigenvalue weighted by atomic mass is 32.2. The summed E-state index contributed by atoms with van der Waals surface area (Å²) in [6.07, 6.45) is 1.39. The lowest BCUT2D eigenvalue weighted by Gasteiger charge is -2.28. The maximum atomic E-state index is 12.6. The normalized spacial score (nSPS) is 12.5. The van der Waals surface area contributed by atoms with Gasteiger partial charge in [0.2, 0.25) is 15.9 Å². The number of rotatable bonds is 18. The monoisotopic (exact) mass is 686 g/mol. The Bertz CT molecular complexity index is 1870. The number of ketones is 1. The van der Waals surface area contributed by atoms with E-state index in [-0.39, 0.29) is 19.3 Å². The largest absolute Gasteiger partial charge is 0.480 e. The number of primary amides is 1. The fourth-order valence-electron chi connectivity index (χ4n) is 5.41. The summed E-state index contributed by atoms with van der Waals surface area (Å²) in [5.41, 5.74) is 14.2. The van der Waals surface area contributed by atoms with Crippen LogP contribution < -0.4 is 25.8 Å². The van der Waals surface area contributed by atoms with Gasteiger partial charge in [0.05, 0.1) is 11.9 Å². The molecule has 4 rings (SSSR count). The molecule has 4 aromatic rings. The van der Waals surface area contributed by atoms with Crippen molar-refractivity contribution in [2.24, 2.45) is 11.5 Å². The number of benzene rings is 4. The van der Waals surface area contributed by atoms with Crippen molar-refractivity contribution in [3.63, 3.8) is 0 Å². The number of carboxylic acid groups (broad SMARTS) is 1. The quantitative estimate of drug-likeness (QED) is 0.101. The Balaban J connectivity index is 1.38. The third-order valence-corrected chi connectivity index (χ3v) is 8.72. The second-order valence-corrected chi connectivity index (χ2v) is 13.8. The smallest absolute Gasteiger partial charge is 0.331 e. The number of carbonyl (C=O) groups is 3. The summed E-state index contributed by atoms with van der Waals surface area (Å²) >= 11 is 0. The van der Waals surface area contributed by atoms with Crippen LogP contribution in [0.1, 0.15) is 47.9 Å². The fraction of sp³-hybridized carbons (Fsp3) is 0.270. The first-order chi connectivity index (χ1) is 23.2. The zero-order chi connectivity index (χ0) is 35.6. The standard InChI is InChI=1S/C37H42N4O7S/c1-26-32(40-49(2,46)47)11-7-12-33(26)41(24-28-8-4-3-5-9-28)25-29-16-20-31(21-17-29)48-30-18-14-27(15-19-30)10-6-13-34(42)37(39,36(44)45)23-22-35(38)43/h3-5,7-9,11-12,14-21,40H,6,10,13,22-25,39H2,1-2H3,(H2,38,43)(H,44,45)/t37-/m1/s1. The van der Waals surface area contributed by atoms with E-state index < -0.39 is 33.2 Å². The van der Waals surface area contributed by atoms with Crippen molar-refractivity contribution in [1.82, 2.24) is 0 Å². The Morgan fingerprint density at radius 3 is 1.94 bits per heavy atom. The molecule has 49 heavy (non-hydrogen) atoms. The van der Waals surface area contributed by atoms with Crippen molar-refractivity contribution in [3.8, 4) is 11.5 Å². The lowest BCUT2D eigenvalue weighted by molar-refractivity contribution is -0.148. The van der Waals surface area contributed by atoms with Gasteiger partial charge in [0.25, 0.3) is 0 Å². The van der Waals surface area contributed by atoms with Crippen LogP contribution in [-0.4, -0.2) is 43.0 Å². The van der Waals surface area contributed by atoms with Gasteiger partial charge >= 0.3 is 5.97 Å². The van der Waals surface area contributed by atoms with Gasteiger partial charge in [0.15, 0.2) is 11.3 Å². The van der Waals surface area contributed by atoms with Gasteiger partial charge in [-0.05, 0) is 84.8 Å². The van der Waals surface area contributed by atoms with E-state index in [0.29, 0.717) is 43.1 Å². The zero-order valence-corrected chi connectivity index (χ0v) is 28.4. The van der Waals surface area contributed by atoms with Crippen molar-refractivity contribution < 1.29 is 32.6 Å². The second kappa shape index (κ2) is 16.3. The van der Waals surface area contributed by atoms with E-state index in [9.17, 15) is 27.9 Å². The molecule has 0 radical (unpaired) electrons. The highest BCUT2D eigenvalue weighted by molar-refractivity contribution is 7.92. The van der Waals surface area contributed by atoms with E-state index in [1.165, 1.54) is 0 Å². The van der Waals surface area contributed by atoms with Crippen LogP contribution in [0, 0.1) is 6.92 Å². The molecule has 11 nitrogen and oxygen atoms in total. The number of ether oxygens (including phenoxy) is 1. The minimum Gasteiger partial charge on any atom is -0.480 e. The highest BCUT2D eigenvalue weighted by Gasteiger charge is 2.41. The molecule has 0 aliphatic rings. The Kier molecular flexibility index (Phi) is 12.2. The lowest BCUT2D eigenvalue weighted by atomic mass is 9.86. The molecule has 0 heterocycles. The maximum absolute atomic E-state index is 12.6. The Hall–Kier alpha value is -5.20. The minimum atomic E-state index is -3.44. The number of nitrogens with one attached hydrogen (secondary N) is 1. The number of hydrogen-bond acceptors (Lipinski definition) is 8. The third-order valence-electron chi connectivity index (χ3n) is 8.13. The van der Waals surface area contributed by atoms with Crippen LogP contribution in [0.5, 0.6) is 11.5 Å². The molecule has 0 spiro atoms. The minimum absolute atomic E-state index is 0.0442. The van der Waals surface area contributed by atoms with Crippen LogP contribution in [0.3, 0.4) is 0 Å². The first-order valence-electron chi connectivity index (χ1n) is 15.8. The zero-order valence-electron chi connectivity index (χ0n) is 27.6. The molecule has 0 unspecified atom stereocenters. The number of aliphatic carboxylic acids is 1. The van der Waals surface area contributed by atoms with Crippen LogP contribution in [0.2, 0.25) is 0 Å². The highest BCUT2D eigenvalue weighted by Crippen LogP contribution is 2.31. The molecule has 258 valence electrons. The van der Waals surface area contributed by atoms with Crippen LogP contribution in [0.15, 0.2) is 97.1 Å². The summed E-state index contributed by atoms with van der Waals surface area (Å²) in [6.45, 7) is 3.09. The average Bonchev–Trinajstić information content (AvgIpc) is 3.05. The summed E-state index contributed by atoms with van der Waals surface area (Å²) in [4.78, 5) is 37.5. The van der Waals surface area contributed by atoms with Crippen molar-refractivity contribution in [2.75, 3.05) is 15.9 Å². The first-order valence-corrected chi connectivity index (χ1v) is 17.7. The van der Waals surface area contributed by atoms with E-state index in [1.54, 1.807) is 6.07 Å². The molecule has 0 fully saturated rings. The first kappa shape index (κ1) is 36.6. The van der Waals surface area contributed by atoms with Crippen LogP contribution in [-0.2, 0) is 43.9 Å². The molecular weight excluding hydrogens is 644 g/mol. The van der Waals surface area contributed by atoms with Gasteiger partial charge in [0.1, 0.15) is 11.5 Å². The topological polar surface area (TPSA) is 182 Å². The molecule has 0 saturated heterocycles. The van der Waals surface area contributed by atoms with Crippen LogP contribution >= 0.6 is 0 Å². The fourth-order valence-corrected chi connectivity index (χ4v) is 6.03. The Morgan fingerprint density at radius 2 is 1.39 bits per heavy atom. The lowest BCUT2D eigenvalue weighted by Crippen LogP contribution is -2.55. The Morgan fingerprint density at radius 1 is 0.816 bits per heavy atom. The van der Waals surface area contributed by atoms with Gasteiger partial charge in [-0.3, -0.25) is 14.3 Å². The van der Waals surface area contributed by atoms with Crippen molar-refractivity contribution in [2.45, 2.75) is 57.7 Å². The number of amides is 1. The number of nitrogens with zero attached hydrogens (tertiary/aromatic N) is 1. The number of aryl methyl sites for hydroxylation is 1. The van der Waals surface area contributed by atoms with E-state index >= 15 is 0 Å². The van der Waals surface area contributed by atoms with Crippen molar-refractivity contribution >= 4 is 39.1 Å². The summed E-state index contributed by atoms with van der Waals surface area (Å²) in [6, 6.07) is 30.8. The van der Waals surface area contributed by atoms with Gasteiger partial charge in [-0.2, -0.15) is 0 Å². The molecular formula is C37H42N4O7S. The molecule has 0 bridgehead atoms. The Labute approximate surface area is 286 Å². The van der Waals surface area contributed by atoms with Gasteiger partial charge in [-0.15, -0.1) is 0 Å². The number of carboxylic acids is 1. The molecule has 12 heteroatoms. The number of nitrogens with two attached hydrogens (primary N) is 2. The molecule has 0 aliphatic carbocycles. The number of Topliss-reactive ketones (excluding diaryl/α,β-unsaturated/α-hetero) is 1. The molecule has 6 N–H and O–H groups in total. The van der Waals surface area contributed by atoms with Gasteiger partial charge < -0.3 is 26.2 Å². The summed E-state index contributed by atoms with van der Waals surface area (Å²) in [5, 5.41) is 9.46. The predicted octanol–water partition coefficient (Wildman–Crippen LogP) is 5.31. The van der Waals surface area contributed by atoms with E-state index in [0.717, 1.165) is 34.2 Å². The molecule has 4 aromatic carbocycles. The summed E-state index contributed by atoms with van der Waals surface area (Å²) in [7, 11) is -3.44. The number of hydrogen-bond donors (Lipinski definition) is 4. The summed E-state index contributed by atoms with van der Waals surface area (Å²) < 4.78 is 32.6. The maximum Gasteiger partial charge on any atom is 0.331 e. The number of sulfonamides is 1.